The molecule has 0 unspecified atom stereocenters. The average Bonchev–Trinajstić information content (AvgIpc) is 2.45. The van der Waals surface area contributed by atoms with Crippen LogP contribution in [-0.4, -0.2) is 37.1 Å². The summed E-state index contributed by atoms with van der Waals surface area (Å²) in [6, 6.07) is 3.19. The lowest BCUT2D eigenvalue weighted by molar-refractivity contribution is 0.0600. The molecule has 5 nitrogen and oxygen atoms in total. The fraction of sp³-hybridized carbons (Fsp3) is 0.333. The second-order valence-corrected chi connectivity index (χ2v) is 4.59. The van der Waals surface area contributed by atoms with Crippen molar-refractivity contribution in [3.05, 3.63) is 41.7 Å². The zero-order chi connectivity index (χ0) is 16.0. The van der Waals surface area contributed by atoms with Crippen molar-refractivity contribution in [3.63, 3.8) is 0 Å². The van der Waals surface area contributed by atoms with Crippen molar-refractivity contribution in [2.24, 2.45) is 0 Å². The average molecular weight is 294 g/mol. The van der Waals surface area contributed by atoms with E-state index in [1.807, 2.05) is 6.92 Å². The Morgan fingerprint density at radius 3 is 2.62 bits per heavy atom. The van der Waals surface area contributed by atoms with Gasteiger partial charge in [0.25, 0.3) is 0 Å². The fourth-order valence-electron chi connectivity index (χ4n) is 1.71. The van der Waals surface area contributed by atoms with Gasteiger partial charge < -0.3 is 15.0 Å². The number of esters is 1. The minimum Gasteiger partial charge on any atom is -0.465 e. The maximum absolute atomic E-state index is 13.7. The van der Waals surface area contributed by atoms with Crippen LogP contribution in [0.25, 0.3) is 0 Å². The van der Waals surface area contributed by atoms with E-state index < -0.39 is 17.8 Å². The lowest BCUT2D eigenvalue weighted by Gasteiger charge is -2.21. The van der Waals surface area contributed by atoms with Gasteiger partial charge in [0.1, 0.15) is 5.82 Å². The number of anilines is 1. The summed E-state index contributed by atoms with van der Waals surface area (Å²) in [4.78, 5) is 25.0. The third-order valence-electron chi connectivity index (χ3n) is 2.76. The van der Waals surface area contributed by atoms with E-state index in [1.54, 1.807) is 6.92 Å². The van der Waals surface area contributed by atoms with Crippen LogP contribution < -0.4 is 5.32 Å². The van der Waals surface area contributed by atoms with Crippen LogP contribution in [0, 0.1) is 5.82 Å². The third-order valence-corrected chi connectivity index (χ3v) is 2.76. The number of halogens is 1. The Labute approximate surface area is 123 Å². The second kappa shape index (κ2) is 7.42. The number of rotatable bonds is 5. The zero-order valence-electron chi connectivity index (χ0n) is 12.4. The monoisotopic (exact) mass is 294 g/mol. The van der Waals surface area contributed by atoms with Crippen LogP contribution in [0.3, 0.4) is 0 Å². The van der Waals surface area contributed by atoms with Crippen molar-refractivity contribution >= 4 is 17.7 Å². The van der Waals surface area contributed by atoms with Gasteiger partial charge in [-0.3, -0.25) is 0 Å². The topological polar surface area (TPSA) is 58.6 Å². The summed E-state index contributed by atoms with van der Waals surface area (Å²) >= 11 is 0. The standard InChI is InChI=1S/C15H19FN2O3/c1-5-18(9-10(2)3)15(20)17-13-8-11(14(19)21-4)6-7-12(13)16/h6-8H,2,5,9H2,1,3-4H3,(H,17,20). The predicted molar refractivity (Wildman–Crippen MR) is 78.8 cm³/mol. The molecule has 1 aromatic rings. The predicted octanol–water partition coefficient (Wildman–Crippen LogP) is 3.04. The molecule has 0 aliphatic heterocycles. The Morgan fingerprint density at radius 2 is 2.10 bits per heavy atom. The van der Waals surface area contributed by atoms with Gasteiger partial charge in [0.15, 0.2) is 0 Å². The third kappa shape index (κ3) is 4.59. The Kier molecular flexibility index (Phi) is 5.90. The van der Waals surface area contributed by atoms with Crippen molar-refractivity contribution in [1.82, 2.24) is 4.90 Å². The van der Waals surface area contributed by atoms with Crippen LogP contribution in [0.5, 0.6) is 0 Å². The molecule has 1 N–H and O–H groups in total. The SMILES string of the molecule is C=C(C)CN(CC)C(=O)Nc1cc(C(=O)OC)ccc1F. The highest BCUT2D eigenvalue weighted by Gasteiger charge is 2.15. The largest absolute Gasteiger partial charge is 0.465 e. The van der Waals surface area contributed by atoms with Crippen LogP contribution in [0.4, 0.5) is 14.9 Å². The molecular weight excluding hydrogens is 275 g/mol. The van der Waals surface area contributed by atoms with Gasteiger partial charge in [-0.25, -0.2) is 14.0 Å². The number of likely N-dealkylation sites (N-methyl/N-ethyl adjacent to an activating group) is 1. The first-order chi connectivity index (χ1) is 9.88. The van der Waals surface area contributed by atoms with Crippen LogP contribution in [-0.2, 0) is 4.74 Å². The molecular formula is C15H19FN2O3. The maximum Gasteiger partial charge on any atom is 0.337 e. The number of nitrogens with one attached hydrogen (secondary N) is 1. The summed E-state index contributed by atoms with van der Waals surface area (Å²) < 4.78 is 18.3. The van der Waals surface area contributed by atoms with Crippen molar-refractivity contribution < 1.29 is 18.7 Å². The number of hydrogen-bond acceptors (Lipinski definition) is 3. The minimum absolute atomic E-state index is 0.0666. The quantitative estimate of drug-likeness (QED) is 0.670. The summed E-state index contributed by atoms with van der Waals surface area (Å²) in [6.45, 7) is 8.18. The number of nitrogens with zero attached hydrogens (tertiary/aromatic N) is 1. The lowest BCUT2D eigenvalue weighted by atomic mass is 10.2. The van der Waals surface area contributed by atoms with Crippen LogP contribution in [0.2, 0.25) is 0 Å². The van der Waals surface area contributed by atoms with E-state index in [2.05, 4.69) is 16.6 Å². The number of amides is 2. The van der Waals surface area contributed by atoms with Crippen molar-refractivity contribution in [3.8, 4) is 0 Å². The van der Waals surface area contributed by atoms with E-state index in [0.717, 1.165) is 11.6 Å². The van der Waals surface area contributed by atoms with E-state index in [1.165, 1.54) is 24.1 Å². The molecule has 6 heteroatoms. The highest BCUT2D eigenvalue weighted by molar-refractivity contribution is 5.94. The number of carbonyl (C=O) groups is 2. The Hall–Kier alpha value is -2.37. The van der Waals surface area contributed by atoms with Gasteiger partial charge in [-0.2, -0.15) is 0 Å². The Morgan fingerprint density at radius 1 is 1.43 bits per heavy atom. The summed E-state index contributed by atoms with van der Waals surface area (Å²) in [5, 5.41) is 2.45. The van der Waals surface area contributed by atoms with Crippen molar-refractivity contribution in [2.75, 3.05) is 25.5 Å². The molecule has 2 amide bonds. The van der Waals surface area contributed by atoms with Gasteiger partial charge in [-0.05, 0) is 32.0 Å². The normalized spacial score (nSPS) is 9.90. The van der Waals surface area contributed by atoms with Gasteiger partial charge in [-0.15, -0.1) is 0 Å². The molecule has 1 aromatic carbocycles. The van der Waals surface area contributed by atoms with E-state index in [-0.39, 0.29) is 11.3 Å². The van der Waals surface area contributed by atoms with Crippen LogP contribution >= 0.6 is 0 Å². The lowest BCUT2D eigenvalue weighted by Crippen LogP contribution is -2.36. The second-order valence-electron chi connectivity index (χ2n) is 4.59. The van der Waals surface area contributed by atoms with E-state index >= 15 is 0 Å². The summed E-state index contributed by atoms with van der Waals surface area (Å²) in [6.07, 6.45) is 0. The zero-order valence-corrected chi connectivity index (χ0v) is 12.4. The molecule has 0 aromatic heterocycles. The van der Waals surface area contributed by atoms with E-state index in [0.29, 0.717) is 13.1 Å². The molecule has 0 spiro atoms. The van der Waals surface area contributed by atoms with Crippen LogP contribution in [0.15, 0.2) is 30.4 Å². The molecule has 1 rings (SSSR count). The highest BCUT2D eigenvalue weighted by Crippen LogP contribution is 2.17. The molecule has 0 fully saturated rings. The minimum atomic E-state index is -0.623. The van der Waals surface area contributed by atoms with Crippen molar-refractivity contribution in [1.29, 1.82) is 0 Å². The first-order valence-electron chi connectivity index (χ1n) is 6.47. The molecule has 0 bridgehead atoms. The number of carbonyl (C=O) groups excluding carboxylic acids is 2. The molecule has 0 saturated heterocycles. The van der Waals surface area contributed by atoms with Gasteiger partial charge in [0.05, 0.1) is 18.4 Å². The molecule has 0 saturated carbocycles. The molecule has 21 heavy (non-hydrogen) atoms. The summed E-state index contributed by atoms with van der Waals surface area (Å²) in [5.41, 5.74) is 0.913. The first kappa shape index (κ1) is 16.7. The first-order valence-corrected chi connectivity index (χ1v) is 6.47. The Balaban J connectivity index is 2.93. The van der Waals surface area contributed by atoms with Gasteiger partial charge in [-0.1, -0.05) is 12.2 Å². The molecule has 114 valence electrons. The molecule has 0 aliphatic carbocycles. The molecule has 0 atom stereocenters. The van der Waals surface area contributed by atoms with Crippen LogP contribution in [0.1, 0.15) is 24.2 Å². The van der Waals surface area contributed by atoms with Gasteiger partial charge >= 0.3 is 12.0 Å². The fourth-order valence-corrected chi connectivity index (χ4v) is 1.71. The summed E-state index contributed by atoms with van der Waals surface area (Å²) in [5.74, 6) is -1.22. The Bertz CT molecular complexity index is 558. The molecule has 0 radical (unpaired) electrons. The smallest absolute Gasteiger partial charge is 0.337 e. The van der Waals surface area contributed by atoms with E-state index in [4.69, 9.17) is 0 Å². The number of urea groups is 1. The summed E-state index contributed by atoms with van der Waals surface area (Å²) in [7, 11) is 1.23. The number of hydrogen-bond donors (Lipinski definition) is 1. The molecule has 0 aliphatic rings. The maximum atomic E-state index is 13.7. The number of ether oxygens (including phenoxy) is 1. The number of methoxy groups -OCH3 is 1. The molecule has 0 heterocycles. The van der Waals surface area contributed by atoms with Crippen molar-refractivity contribution in [2.45, 2.75) is 13.8 Å². The van der Waals surface area contributed by atoms with E-state index in [9.17, 15) is 14.0 Å². The highest BCUT2D eigenvalue weighted by atomic mass is 19.1. The van der Waals surface area contributed by atoms with Gasteiger partial charge in [0, 0.05) is 13.1 Å². The number of benzene rings is 1. The van der Waals surface area contributed by atoms with Gasteiger partial charge in [0.2, 0.25) is 0 Å².